The van der Waals surface area contributed by atoms with Gasteiger partial charge in [-0.1, -0.05) is 24.6 Å². The van der Waals surface area contributed by atoms with E-state index < -0.39 is 0 Å². The van der Waals surface area contributed by atoms with Crippen molar-refractivity contribution in [3.8, 4) is 11.8 Å². The third kappa shape index (κ3) is 5.87. The second-order valence-electron chi connectivity index (χ2n) is 7.70. The summed E-state index contributed by atoms with van der Waals surface area (Å²) in [5, 5.41) is 0. The maximum Gasteiger partial charge on any atom is 0.305 e. The number of fused-ring (bicyclic) bond motifs is 1. The van der Waals surface area contributed by atoms with Crippen LogP contribution in [-0.4, -0.2) is 18.9 Å². The topological polar surface area (TPSA) is 43.4 Å². The second-order valence-corrected chi connectivity index (χ2v) is 7.70. The number of hydrogen-bond donors (Lipinski definition) is 0. The van der Waals surface area contributed by atoms with Crippen LogP contribution < -0.4 is 0 Å². The molecule has 2 rings (SSSR count). The minimum Gasteiger partial charge on any atom is -0.469 e. The fourth-order valence-electron chi connectivity index (χ4n) is 4.28. The minimum absolute atomic E-state index is 0.00949. The highest BCUT2D eigenvalue weighted by atomic mass is 16.5. The lowest BCUT2D eigenvalue weighted by molar-refractivity contribution is -0.140. The Balaban J connectivity index is 1.81. The van der Waals surface area contributed by atoms with Crippen molar-refractivity contribution in [1.29, 1.82) is 0 Å². The Bertz CT molecular complexity index is 617. The zero-order chi connectivity index (χ0) is 18.9. The van der Waals surface area contributed by atoms with E-state index in [9.17, 15) is 9.59 Å². The molecule has 0 aromatic carbocycles. The van der Waals surface area contributed by atoms with Crippen LogP contribution in [0.1, 0.15) is 65.2 Å². The summed E-state index contributed by atoms with van der Waals surface area (Å²) in [4.78, 5) is 23.4. The maximum atomic E-state index is 12.2. The van der Waals surface area contributed by atoms with Gasteiger partial charge in [0, 0.05) is 18.8 Å². The van der Waals surface area contributed by atoms with Gasteiger partial charge in [-0.2, -0.15) is 0 Å². The van der Waals surface area contributed by atoms with Gasteiger partial charge < -0.3 is 4.74 Å². The molecule has 0 aromatic heterocycles. The number of unbranched alkanes of at least 4 members (excludes halogenated alkanes) is 1. The van der Waals surface area contributed by atoms with Gasteiger partial charge >= 0.3 is 5.97 Å². The van der Waals surface area contributed by atoms with Gasteiger partial charge in [-0.3, -0.25) is 9.59 Å². The van der Waals surface area contributed by atoms with Gasteiger partial charge in [-0.15, -0.1) is 11.8 Å². The Labute approximate surface area is 158 Å². The van der Waals surface area contributed by atoms with E-state index in [0.717, 1.165) is 25.2 Å². The van der Waals surface area contributed by atoms with E-state index in [1.807, 2.05) is 19.9 Å². The standard InChI is InChI=1S/C23H32O3/c1-4-5-8-17(2)22(24)14-13-19-11-12-20-15-18(16-21(19)20)9-6-7-10-23(25)26-3/h9,13-14,17,19-21H,6-8,10-12,15-16H2,1-3H3/b14-13+,18-9+/t17-,19-,20?,21-/m1/s1. The quantitative estimate of drug-likeness (QED) is 0.205. The van der Waals surface area contributed by atoms with Crippen molar-refractivity contribution in [3.63, 3.8) is 0 Å². The van der Waals surface area contributed by atoms with Gasteiger partial charge in [0.15, 0.2) is 5.78 Å². The van der Waals surface area contributed by atoms with Gasteiger partial charge in [-0.25, -0.2) is 0 Å². The van der Waals surface area contributed by atoms with Gasteiger partial charge in [-0.05, 0) is 69.3 Å². The summed E-state index contributed by atoms with van der Waals surface area (Å²) in [5.41, 5.74) is 1.54. The SMILES string of the molecule is CC#CC[C@@H](C)C(=O)/C=C/[C@H]1CCC2C/C(=C\CCCC(=O)OC)C[C@@H]21. The average molecular weight is 357 g/mol. The van der Waals surface area contributed by atoms with Gasteiger partial charge in [0.1, 0.15) is 0 Å². The summed E-state index contributed by atoms with van der Waals surface area (Å²) in [5.74, 6) is 7.92. The summed E-state index contributed by atoms with van der Waals surface area (Å²) >= 11 is 0. The molecule has 4 atom stereocenters. The first-order valence-corrected chi connectivity index (χ1v) is 9.91. The molecule has 0 N–H and O–H groups in total. The first-order valence-electron chi connectivity index (χ1n) is 9.91. The van der Waals surface area contributed by atoms with Crippen molar-refractivity contribution < 1.29 is 14.3 Å². The van der Waals surface area contributed by atoms with E-state index in [1.54, 1.807) is 5.57 Å². The van der Waals surface area contributed by atoms with Crippen LogP contribution >= 0.6 is 0 Å². The van der Waals surface area contributed by atoms with E-state index in [4.69, 9.17) is 0 Å². The molecule has 0 radical (unpaired) electrons. The van der Waals surface area contributed by atoms with E-state index >= 15 is 0 Å². The van der Waals surface area contributed by atoms with Gasteiger partial charge in [0.05, 0.1) is 7.11 Å². The van der Waals surface area contributed by atoms with Gasteiger partial charge in [0.25, 0.3) is 0 Å². The van der Waals surface area contributed by atoms with Crippen LogP contribution in [0, 0.1) is 35.5 Å². The molecule has 0 aromatic rings. The van der Waals surface area contributed by atoms with Crippen molar-refractivity contribution >= 4 is 11.8 Å². The Kier molecular flexibility index (Phi) is 8.16. The number of ether oxygens (including phenoxy) is 1. The van der Waals surface area contributed by atoms with Crippen LogP contribution in [0.4, 0.5) is 0 Å². The third-order valence-corrected chi connectivity index (χ3v) is 5.87. The van der Waals surface area contributed by atoms with Crippen molar-refractivity contribution in [2.24, 2.45) is 23.7 Å². The fourth-order valence-corrected chi connectivity index (χ4v) is 4.28. The number of ketones is 1. The van der Waals surface area contributed by atoms with E-state index in [-0.39, 0.29) is 17.7 Å². The van der Waals surface area contributed by atoms with E-state index in [1.165, 1.54) is 26.4 Å². The molecular weight excluding hydrogens is 324 g/mol. The Morgan fingerprint density at radius 2 is 2.12 bits per heavy atom. The highest BCUT2D eigenvalue weighted by Crippen LogP contribution is 2.50. The van der Waals surface area contributed by atoms with Crippen molar-refractivity contribution in [1.82, 2.24) is 0 Å². The van der Waals surface area contributed by atoms with E-state index in [2.05, 4.69) is 28.7 Å². The van der Waals surface area contributed by atoms with Crippen LogP contribution in [0.15, 0.2) is 23.8 Å². The molecule has 0 spiro atoms. The molecule has 0 saturated heterocycles. The van der Waals surface area contributed by atoms with Crippen molar-refractivity contribution in [2.75, 3.05) is 7.11 Å². The molecule has 2 aliphatic rings. The molecule has 0 bridgehead atoms. The highest BCUT2D eigenvalue weighted by Gasteiger charge is 2.39. The zero-order valence-corrected chi connectivity index (χ0v) is 16.4. The lowest BCUT2D eigenvalue weighted by Gasteiger charge is -2.14. The molecule has 3 heteroatoms. The lowest BCUT2D eigenvalue weighted by Crippen LogP contribution is -2.10. The van der Waals surface area contributed by atoms with Crippen LogP contribution in [0.5, 0.6) is 0 Å². The smallest absolute Gasteiger partial charge is 0.305 e. The molecule has 26 heavy (non-hydrogen) atoms. The molecule has 2 fully saturated rings. The van der Waals surface area contributed by atoms with E-state index in [0.29, 0.717) is 24.7 Å². The van der Waals surface area contributed by atoms with Gasteiger partial charge in [0.2, 0.25) is 0 Å². The summed E-state index contributed by atoms with van der Waals surface area (Å²) in [6.45, 7) is 3.77. The number of hydrogen-bond acceptors (Lipinski definition) is 3. The van der Waals surface area contributed by atoms with Crippen molar-refractivity contribution in [2.45, 2.75) is 65.2 Å². The number of esters is 1. The van der Waals surface area contributed by atoms with Crippen LogP contribution in [0.25, 0.3) is 0 Å². The normalized spacial score (nSPS) is 27.2. The molecule has 2 saturated carbocycles. The molecule has 0 amide bonds. The molecule has 1 unspecified atom stereocenters. The zero-order valence-electron chi connectivity index (χ0n) is 16.4. The van der Waals surface area contributed by atoms with Crippen LogP contribution in [0.2, 0.25) is 0 Å². The second kappa shape index (κ2) is 10.4. The summed E-state index contributed by atoms with van der Waals surface area (Å²) in [7, 11) is 1.44. The predicted octanol–water partition coefficient (Wildman–Crippen LogP) is 4.87. The predicted molar refractivity (Wildman–Crippen MR) is 104 cm³/mol. The van der Waals surface area contributed by atoms with Crippen LogP contribution in [-0.2, 0) is 14.3 Å². The summed E-state index contributed by atoms with van der Waals surface area (Å²) in [6.07, 6.45) is 14.1. The van der Waals surface area contributed by atoms with Crippen molar-refractivity contribution in [3.05, 3.63) is 23.8 Å². The first-order chi connectivity index (χ1) is 12.5. The number of rotatable bonds is 8. The molecule has 0 heterocycles. The molecule has 0 aliphatic heterocycles. The highest BCUT2D eigenvalue weighted by molar-refractivity contribution is 5.91. The molecule has 3 nitrogen and oxygen atoms in total. The van der Waals surface area contributed by atoms with Crippen LogP contribution in [0.3, 0.4) is 0 Å². The Morgan fingerprint density at radius 1 is 1.31 bits per heavy atom. The largest absolute Gasteiger partial charge is 0.469 e. The Morgan fingerprint density at radius 3 is 2.85 bits per heavy atom. The molecule has 2 aliphatic carbocycles. The average Bonchev–Trinajstić information content (AvgIpc) is 3.21. The lowest BCUT2D eigenvalue weighted by atomic mass is 9.90. The Hall–Kier alpha value is -1.82. The molecular formula is C23H32O3. The minimum atomic E-state index is -0.124. The number of carbonyl (C=O) groups is 2. The number of carbonyl (C=O) groups excluding carboxylic acids is 2. The first kappa shape index (κ1) is 20.5. The number of allylic oxidation sites excluding steroid dienone is 4. The number of methoxy groups -OCH3 is 1. The molecule has 142 valence electrons. The fraction of sp³-hybridized carbons (Fsp3) is 0.652. The maximum absolute atomic E-state index is 12.2. The third-order valence-electron chi connectivity index (χ3n) is 5.87. The summed E-state index contributed by atoms with van der Waals surface area (Å²) < 4.78 is 4.68. The monoisotopic (exact) mass is 356 g/mol. The summed E-state index contributed by atoms with van der Waals surface area (Å²) in [6, 6.07) is 0.